The van der Waals surface area contributed by atoms with Crippen LogP contribution in [0.2, 0.25) is 0 Å². The van der Waals surface area contributed by atoms with Gasteiger partial charge in [-0.1, -0.05) is 5.38 Å². The molecule has 0 aromatic carbocycles. The zero-order valence-corrected chi connectivity index (χ0v) is 10.7. The zero-order chi connectivity index (χ0) is 6.97. The van der Waals surface area contributed by atoms with E-state index in [9.17, 15) is 0 Å². The van der Waals surface area contributed by atoms with Crippen LogP contribution in [0.4, 0.5) is 0 Å². The smallest absolute Gasteiger partial charge is 1.00 e. The predicted molar refractivity (Wildman–Crippen MR) is 47.6 cm³/mol. The largest absolute Gasteiger partial charge is 2.00 e. The Morgan fingerprint density at radius 3 is 2.67 bits per heavy atom. The number of hydrogen-bond acceptors (Lipinski definition) is 3. The van der Waals surface area contributed by atoms with E-state index in [2.05, 4.69) is 21.3 Å². The van der Waals surface area contributed by atoms with Crippen molar-refractivity contribution < 1.29 is 21.9 Å². The fourth-order valence-electron chi connectivity index (χ4n) is 0.778. The summed E-state index contributed by atoms with van der Waals surface area (Å²) in [6.07, 6.45) is 0. The third-order valence-electron chi connectivity index (χ3n) is 1.19. The summed E-state index contributed by atoms with van der Waals surface area (Å²) in [5, 5.41) is 2.97. The van der Waals surface area contributed by atoms with Gasteiger partial charge in [0.25, 0.3) is 0 Å². The van der Waals surface area contributed by atoms with Crippen LogP contribution >= 0.6 is 27.3 Å². The molecule has 0 N–H and O–H groups in total. The molecule has 0 spiro atoms. The Labute approximate surface area is 105 Å². The zero-order valence-electron chi connectivity index (χ0n) is 6.10. The van der Waals surface area contributed by atoms with E-state index in [1.54, 1.807) is 0 Å². The van der Waals surface area contributed by atoms with Crippen LogP contribution in [0.5, 0.6) is 11.5 Å². The molecule has 0 atom stereocenters. The molecule has 0 amide bonds. The molecule has 1 aliphatic heterocycles. The third-order valence-corrected chi connectivity index (χ3v) is 2.69. The number of thiophene rings is 1. The number of ether oxygens (including phenoxy) is 2. The Morgan fingerprint density at radius 1 is 1.33 bits per heavy atom. The van der Waals surface area contributed by atoms with E-state index < -0.39 is 0 Å². The van der Waals surface area contributed by atoms with E-state index in [4.69, 9.17) is 9.47 Å². The van der Waals surface area contributed by atoms with Gasteiger partial charge in [0.1, 0.15) is 13.2 Å². The van der Waals surface area contributed by atoms with Gasteiger partial charge in [-0.05, 0) is 3.79 Å². The van der Waals surface area contributed by atoms with E-state index in [0.717, 1.165) is 15.3 Å². The van der Waals surface area contributed by atoms with Crippen LogP contribution in [-0.4, -0.2) is 36.3 Å². The van der Waals surface area contributed by atoms with Crippen molar-refractivity contribution in [2.75, 3.05) is 13.2 Å². The van der Waals surface area contributed by atoms with Crippen molar-refractivity contribution in [3.05, 3.63) is 9.17 Å². The molecule has 62 valence electrons. The Kier molecular flexibility index (Phi) is 5.93. The van der Waals surface area contributed by atoms with Crippen LogP contribution in [0.15, 0.2) is 3.79 Å². The molecule has 0 radical (unpaired) electrons. The summed E-state index contributed by atoms with van der Waals surface area (Å²) < 4.78 is 11.5. The molecule has 0 bridgehead atoms. The van der Waals surface area contributed by atoms with E-state index in [0.29, 0.717) is 13.2 Å². The average Bonchev–Trinajstić information content (AvgIpc) is 2.34. The summed E-state index contributed by atoms with van der Waals surface area (Å²) in [5.74, 6) is 1.54. The minimum atomic E-state index is 0. The predicted octanol–water partition coefficient (Wildman–Crippen LogP) is -1.29. The van der Waals surface area contributed by atoms with Crippen LogP contribution in [0, 0.1) is 5.38 Å². The Hall–Kier alpha value is 0.836. The molecule has 1 aliphatic rings. The van der Waals surface area contributed by atoms with Gasteiger partial charge >= 0.3 is 23.1 Å². The van der Waals surface area contributed by atoms with Gasteiger partial charge in [-0.3, -0.25) is 11.3 Å². The molecule has 12 heavy (non-hydrogen) atoms. The second kappa shape index (κ2) is 5.54. The fraction of sp³-hybridized carbons (Fsp3) is 0.333. The maximum Gasteiger partial charge on any atom is 2.00 e. The van der Waals surface area contributed by atoms with Gasteiger partial charge in [-0.2, -0.15) is 0 Å². The molecule has 2 rings (SSSR count). The second-order valence-electron chi connectivity index (χ2n) is 1.83. The fourth-order valence-corrected chi connectivity index (χ4v) is 1.89. The van der Waals surface area contributed by atoms with Crippen molar-refractivity contribution in [2.45, 2.75) is 0 Å². The average molecular weight is 280 g/mol. The normalized spacial score (nSPS) is 12.8. The summed E-state index contributed by atoms with van der Waals surface area (Å²) in [4.78, 5) is 0. The quantitative estimate of drug-likeness (QED) is 0.434. The SMILES string of the molecule is Brc1s[c-]c2c1OCCO2.[Cl-].[Mg+2]. The molecule has 0 unspecified atom stereocenters. The number of rotatable bonds is 0. The van der Waals surface area contributed by atoms with E-state index >= 15 is 0 Å². The number of hydrogen-bond donors (Lipinski definition) is 0. The molecule has 0 saturated heterocycles. The van der Waals surface area contributed by atoms with Crippen molar-refractivity contribution in [1.82, 2.24) is 0 Å². The molecule has 0 saturated carbocycles. The topological polar surface area (TPSA) is 18.5 Å². The van der Waals surface area contributed by atoms with Gasteiger partial charge in [-0.15, -0.1) is 15.9 Å². The maximum atomic E-state index is 5.30. The van der Waals surface area contributed by atoms with E-state index in [1.807, 2.05) is 0 Å². The van der Waals surface area contributed by atoms with Crippen molar-refractivity contribution in [2.24, 2.45) is 0 Å². The molecule has 2 nitrogen and oxygen atoms in total. The molecule has 0 fully saturated rings. The summed E-state index contributed by atoms with van der Waals surface area (Å²) in [7, 11) is 0. The first kappa shape index (κ1) is 12.8. The maximum absolute atomic E-state index is 5.30. The monoisotopic (exact) mass is 278 g/mol. The van der Waals surface area contributed by atoms with Gasteiger partial charge in [0.15, 0.2) is 0 Å². The Balaban J connectivity index is 0.000000605. The first-order valence-electron chi connectivity index (χ1n) is 2.83. The molecule has 1 aromatic heterocycles. The van der Waals surface area contributed by atoms with Gasteiger partial charge in [0, 0.05) is 11.5 Å². The number of halogens is 2. The van der Waals surface area contributed by atoms with Crippen molar-refractivity contribution in [3.63, 3.8) is 0 Å². The molecule has 6 heteroatoms. The minimum absolute atomic E-state index is 0. The van der Waals surface area contributed by atoms with Gasteiger partial charge in [-0.25, -0.2) is 0 Å². The Bertz CT molecular complexity index is 256. The van der Waals surface area contributed by atoms with Gasteiger partial charge in [0.2, 0.25) is 0 Å². The third kappa shape index (κ3) is 2.41. The number of fused-ring (bicyclic) bond motifs is 1. The van der Waals surface area contributed by atoms with Crippen molar-refractivity contribution in [1.29, 1.82) is 0 Å². The molecular formula is C6H4BrClMgO2S. The van der Waals surface area contributed by atoms with Crippen LogP contribution in [0.1, 0.15) is 0 Å². The summed E-state index contributed by atoms with van der Waals surface area (Å²) in [6.45, 7) is 1.27. The molecule has 0 aliphatic carbocycles. The minimum Gasteiger partial charge on any atom is -1.00 e. The first-order valence-corrected chi connectivity index (χ1v) is 4.44. The molecule has 1 aromatic rings. The van der Waals surface area contributed by atoms with Gasteiger partial charge < -0.3 is 21.9 Å². The van der Waals surface area contributed by atoms with E-state index in [1.165, 1.54) is 11.3 Å². The van der Waals surface area contributed by atoms with Crippen molar-refractivity contribution >= 4 is 50.3 Å². The summed E-state index contributed by atoms with van der Waals surface area (Å²) >= 11 is 4.80. The van der Waals surface area contributed by atoms with Crippen molar-refractivity contribution in [3.8, 4) is 11.5 Å². The van der Waals surface area contributed by atoms with Crippen LogP contribution in [-0.2, 0) is 0 Å². The van der Waals surface area contributed by atoms with Crippen LogP contribution in [0.3, 0.4) is 0 Å². The second-order valence-corrected chi connectivity index (χ2v) is 3.97. The standard InChI is InChI=1S/C6H4BrO2S.ClH.Mg/c7-6-5-4(3-10-6)8-1-2-9-5;;/h1-2H2;1H;/q-1;;+2/p-1. The summed E-state index contributed by atoms with van der Waals surface area (Å²) in [5.41, 5.74) is 0. The molecule has 2 heterocycles. The van der Waals surface area contributed by atoms with E-state index in [-0.39, 0.29) is 35.5 Å². The van der Waals surface area contributed by atoms with Crippen LogP contribution in [0.25, 0.3) is 0 Å². The first-order chi connectivity index (χ1) is 4.88. The Morgan fingerprint density at radius 2 is 2.00 bits per heavy atom. The molecular weight excluding hydrogens is 276 g/mol. The van der Waals surface area contributed by atoms with Gasteiger partial charge in [0.05, 0.1) is 0 Å². The van der Waals surface area contributed by atoms with Crippen LogP contribution < -0.4 is 21.9 Å². The summed E-state index contributed by atoms with van der Waals surface area (Å²) in [6, 6.07) is 0.